The van der Waals surface area contributed by atoms with Crippen LogP contribution in [0.2, 0.25) is 0 Å². The van der Waals surface area contributed by atoms with Crippen LogP contribution in [0.25, 0.3) is 21.3 Å². The van der Waals surface area contributed by atoms with Gasteiger partial charge in [-0.25, -0.2) is 9.97 Å². The monoisotopic (exact) mass is 382 g/mol. The van der Waals surface area contributed by atoms with Gasteiger partial charge in [-0.1, -0.05) is 30.3 Å². The minimum atomic E-state index is -0.0537. The van der Waals surface area contributed by atoms with Crippen LogP contribution in [0.15, 0.2) is 35.7 Å². The van der Waals surface area contributed by atoms with Gasteiger partial charge in [0.15, 0.2) is 0 Å². The minimum Gasteiger partial charge on any atom is -0.376 e. The van der Waals surface area contributed by atoms with Gasteiger partial charge < -0.3 is 15.0 Å². The lowest BCUT2D eigenvalue weighted by Gasteiger charge is -2.40. The Morgan fingerprint density at radius 2 is 1.96 bits per heavy atom. The van der Waals surface area contributed by atoms with Crippen LogP contribution >= 0.6 is 11.3 Å². The second-order valence-corrected chi connectivity index (χ2v) is 8.37. The maximum atomic E-state index is 5.79. The van der Waals surface area contributed by atoms with Gasteiger partial charge in [-0.15, -0.1) is 11.3 Å². The quantitative estimate of drug-likeness (QED) is 0.656. The largest absolute Gasteiger partial charge is 0.376 e. The molecule has 0 unspecified atom stereocenters. The number of nitrogens with one attached hydrogen (secondary N) is 1. The van der Waals surface area contributed by atoms with Crippen LogP contribution < -0.4 is 5.32 Å². The third kappa shape index (κ3) is 3.70. The number of thiophene rings is 1. The first-order valence-corrected chi connectivity index (χ1v) is 10.3. The van der Waals surface area contributed by atoms with Crippen molar-refractivity contribution >= 4 is 27.4 Å². The summed E-state index contributed by atoms with van der Waals surface area (Å²) in [5.41, 5.74) is 2.33. The Morgan fingerprint density at radius 1 is 1.19 bits per heavy atom. The van der Waals surface area contributed by atoms with Gasteiger partial charge in [-0.2, -0.15) is 0 Å². The fraction of sp³-hybridized carbons (Fsp3) is 0.429. The fourth-order valence-corrected chi connectivity index (χ4v) is 4.53. The number of ether oxygens (including phenoxy) is 1. The smallest absolute Gasteiger partial charge is 0.146 e. The first-order chi connectivity index (χ1) is 13.1. The molecule has 0 radical (unpaired) electrons. The van der Waals surface area contributed by atoms with Gasteiger partial charge in [0.25, 0.3) is 0 Å². The maximum absolute atomic E-state index is 5.79. The molecule has 0 amide bonds. The highest BCUT2D eigenvalue weighted by Crippen LogP contribution is 2.39. The summed E-state index contributed by atoms with van der Waals surface area (Å²) in [6, 6.07) is 10.5. The van der Waals surface area contributed by atoms with Crippen molar-refractivity contribution in [3.8, 4) is 11.1 Å². The van der Waals surface area contributed by atoms with E-state index in [-0.39, 0.29) is 5.60 Å². The van der Waals surface area contributed by atoms with E-state index >= 15 is 0 Å². The van der Waals surface area contributed by atoms with Gasteiger partial charge >= 0.3 is 0 Å². The predicted octanol–water partition coefficient (Wildman–Crippen LogP) is 4.40. The number of methoxy groups -OCH3 is 1. The summed E-state index contributed by atoms with van der Waals surface area (Å²) in [7, 11) is 5.89. The lowest BCUT2D eigenvalue weighted by atomic mass is 9.80. The SMILES string of the molecule is COC1(CNc2nc(CN(C)C)nc3scc(-c4ccccc4)c23)CCC1. The Morgan fingerprint density at radius 3 is 2.59 bits per heavy atom. The molecule has 2 aromatic heterocycles. The Kier molecular flexibility index (Phi) is 5.12. The molecular weight excluding hydrogens is 356 g/mol. The molecule has 1 N–H and O–H groups in total. The van der Waals surface area contributed by atoms with Crippen molar-refractivity contribution in [2.24, 2.45) is 0 Å². The summed E-state index contributed by atoms with van der Waals surface area (Å²) in [6.45, 7) is 1.50. The van der Waals surface area contributed by atoms with Gasteiger partial charge in [-0.05, 0) is 38.9 Å². The third-order valence-electron chi connectivity index (χ3n) is 5.30. The van der Waals surface area contributed by atoms with E-state index < -0.39 is 0 Å². The van der Waals surface area contributed by atoms with Crippen molar-refractivity contribution in [2.45, 2.75) is 31.4 Å². The molecule has 1 saturated carbocycles. The lowest BCUT2D eigenvalue weighted by Crippen LogP contribution is -2.45. The van der Waals surface area contributed by atoms with Crippen molar-refractivity contribution in [2.75, 3.05) is 33.1 Å². The average molecular weight is 383 g/mol. The summed E-state index contributed by atoms with van der Waals surface area (Å²) in [5, 5.41) is 6.90. The number of rotatable bonds is 7. The van der Waals surface area contributed by atoms with E-state index in [9.17, 15) is 0 Å². The van der Waals surface area contributed by atoms with Gasteiger partial charge in [0, 0.05) is 24.6 Å². The molecule has 5 nitrogen and oxygen atoms in total. The van der Waals surface area contributed by atoms with Gasteiger partial charge in [0.2, 0.25) is 0 Å². The van der Waals surface area contributed by atoms with Crippen LogP contribution in [0.3, 0.4) is 0 Å². The number of benzene rings is 1. The van der Waals surface area contributed by atoms with Crippen LogP contribution in [0.5, 0.6) is 0 Å². The number of fused-ring (bicyclic) bond motifs is 1. The second-order valence-electron chi connectivity index (χ2n) is 7.52. The normalized spacial score (nSPS) is 15.9. The van der Waals surface area contributed by atoms with Crippen LogP contribution in [-0.4, -0.2) is 48.2 Å². The van der Waals surface area contributed by atoms with E-state index in [0.717, 1.165) is 47.8 Å². The predicted molar refractivity (Wildman–Crippen MR) is 112 cm³/mol. The molecule has 6 heteroatoms. The number of nitrogens with zero attached hydrogens (tertiary/aromatic N) is 3. The molecule has 1 aliphatic carbocycles. The minimum absolute atomic E-state index is 0.0537. The zero-order chi connectivity index (χ0) is 18.9. The molecule has 0 bridgehead atoms. The van der Waals surface area contributed by atoms with Crippen LogP contribution in [0.4, 0.5) is 5.82 Å². The first kappa shape index (κ1) is 18.3. The topological polar surface area (TPSA) is 50.3 Å². The van der Waals surface area contributed by atoms with Gasteiger partial charge in [0.05, 0.1) is 17.5 Å². The number of aromatic nitrogens is 2. The molecule has 2 heterocycles. The average Bonchev–Trinajstić information content (AvgIpc) is 3.05. The standard InChI is InChI=1S/C21H26N4OS/c1-25(2)12-17-23-19(22-14-21(26-3)10-7-11-21)18-16(13-27-20(18)24-17)15-8-5-4-6-9-15/h4-6,8-9,13H,7,10-12,14H2,1-3H3,(H,22,23,24). The molecule has 3 aromatic rings. The van der Waals surface area contributed by atoms with E-state index in [2.05, 4.69) is 39.9 Å². The summed E-state index contributed by atoms with van der Waals surface area (Å²) in [6.07, 6.45) is 3.43. The van der Waals surface area contributed by atoms with E-state index in [0.29, 0.717) is 0 Å². The first-order valence-electron chi connectivity index (χ1n) is 9.37. The molecule has 1 fully saturated rings. The Bertz CT molecular complexity index is 913. The lowest BCUT2D eigenvalue weighted by molar-refractivity contribution is -0.0601. The summed E-state index contributed by atoms with van der Waals surface area (Å²) in [4.78, 5) is 12.8. The Hall–Kier alpha value is -2.02. The second kappa shape index (κ2) is 7.54. The molecule has 0 saturated heterocycles. The highest BCUT2D eigenvalue weighted by Gasteiger charge is 2.37. The van der Waals surface area contributed by atoms with E-state index in [1.807, 2.05) is 27.3 Å². The summed E-state index contributed by atoms with van der Waals surface area (Å²) in [5.74, 6) is 1.76. The van der Waals surface area contributed by atoms with Crippen LogP contribution in [0, 0.1) is 0 Å². The van der Waals surface area contributed by atoms with Crippen molar-refractivity contribution < 1.29 is 4.74 Å². The molecule has 27 heavy (non-hydrogen) atoms. The van der Waals surface area contributed by atoms with Crippen molar-refractivity contribution in [1.29, 1.82) is 0 Å². The number of hydrogen-bond acceptors (Lipinski definition) is 6. The van der Waals surface area contributed by atoms with E-state index in [1.165, 1.54) is 17.5 Å². The van der Waals surface area contributed by atoms with Gasteiger partial charge in [-0.3, -0.25) is 0 Å². The van der Waals surface area contributed by atoms with Crippen molar-refractivity contribution in [1.82, 2.24) is 14.9 Å². The zero-order valence-corrected chi connectivity index (χ0v) is 17.0. The molecule has 0 atom stereocenters. The molecular formula is C21H26N4OS. The third-order valence-corrected chi connectivity index (χ3v) is 6.17. The molecule has 1 aliphatic rings. The Labute approximate surface area is 164 Å². The van der Waals surface area contributed by atoms with Crippen molar-refractivity contribution in [3.63, 3.8) is 0 Å². The summed E-state index contributed by atoms with van der Waals surface area (Å²) < 4.78 is 5.79. The number of hydrogen-bond donors (Lipinski definition) is 1. The van der Waals surface area contributed by atoms with Crippen LogP contribution in [-0.2, 0) is 11.3 Å². The molecule has 142 valence electrons. The highest BCUT2D eigenvalue weighted by atomic mass is 32.1. The van der Waals surface area contributed by atoms with Crippen molar-refractivity contribution in [3.05, 3.63) is 41.5 Å². The summed E-state index contributed by atoms with van der Waals surface area (Å²) >= 11 is 1.68. The van der Waals surface area contributed by atoms with Crippen LogP contribution in [0.1, 0.15) is 25.1 Å². The Balaban J connectivity index is 1.76. The van der Waals surface area contributed by atoms with Gasteiger partial charge in [0.1, 0.15) is 16.5 Å². The number of anilines is 1. The molecule has 0 spiro atoms. The molecule has 0 aliphatic heterocycles. The molecule has 4 rings (SSSR count). The molecule has 1 aromatic carbocycles. The highest BCUT2D eigenvalue weighted by molar-refractivity contribution is 7.17. The fourth-order valence-electron chi connectivity index (χ4n) is 3.57. The van der Waals surface area contributed by atoms with E-state index in [4.69, 9.17) is 14.7 Å². The maximum Gasteiger partial charge on any atom is 0.146 e. The van der Waals surface area contributed by atoms with E-state index in [1.54, 1.807) is 11.3 Å². The zero-order valence-electron chi connectivity index (χ0n) is 16.2.